The third-order valence-corrected chi connectivity index (χ3v) is 6.22. The molecule has 4 rings (SSSR count). The van der Waals surface area contributed by atoms with Crippen molar-refractivity contribution in [3.63, 3.8) is 0 Å². The average Bonchev–Trinajstić information content (AvgIpc) is 3.11. The number of hydrogen-bond acceptors (Lipinski definition) is 5. The summed E-state index contributed by atoms with van der Waals surface area (Å²) in [6.07, 6.45) is 4.72. The number of aliphatic hydroxyl groups is 1. The average molecular weight is 462 g/mol. The van der Waals surface area contributed by atoms with E-state index in [0.717, 1.165) is 36.4 Å². The molecular weight excluding hydrogens is 433 g/mol. The van der Waals surface area contributed by atoms with E-state index in [2.05, 4.69) is 21.1 Å². The molecule has 0 spiro atoms. The third-order valence-electron chi connectivity index (χ3n) is 5.63. The van der Waals surface area contributed by atoms with Gasteiger partial charge in [-0.15, -0.1) is 0 Å². The fraction of sp³-hybridized carbons (Fsp3) is 0.391. The zero-order valence-electron chi connectivity index (χ0n) is 17.9. The molecule has 3 aromatic rings. The molecule has 2 aromatic carbocycles. The number of hydrogen-bond donors (Lipinski definition) is 4. The van der Waals surface area contributed by atoms with Gasteiger partial charge in [-0.1, -0.05) is 6.07 Å². The zero-order chi connectivity index (χ0) is 22.7. The maximum Gasteiger partial charge on any atom is 0.229 e. The van der Waals surface area contributed by atoms with Crippen molar-refractivity contribution in [3.8, 4) is 5.75 Å². The van der Waals surface area contributed by atoms with Crippen LogP contribution in [0, 0.1) is 5.82 Å². The highest BCUT2D eigenvalue weighted by Crippen LogP contribution is 2.31. The van der Waals surface area contributed by atoms with Gasteiger partial charge in [0.1, 0.15) is 18.2 Å². The SMILES string of the molecule is CS(=O)(=O)Nc1cc(C(O)CNCCOc2ccc3c4c([nH]c3c2)CCCC4)ccc1F. The summed E-state index contributed by atoms with van der Waals surface area (Å²) < 4.78 is 44.4. The lowest BCUT2D eigenvalue weighted by atomic mass is 9.96. The monoisotopic (exact) mass is 461 g/mol. The molecule has 0 saturated heterocycles. The van der Waals surface area contributed by atoms with Crippen molar-refractivity contribution in [1.29, 1.82) is 0 Å². The Morgan fingerprint density at radius 2 is 2.00 bits per heavy atom. The first kappa shape index (κ1) is 22.6. The summed E-state index contributed by atoms with van der Waals surface area (Å²) in [5.74, 6) is 0.0843. The molecule has 1 aromatic heterocycles. The smallest absolute Gasteiger partial charge is 0.229 e. The Morgan fingerprint density at radius 1 is 1.19 bits per heavy atom. The van der Waals surface area contributed by atoms with E-state index in [-0.39, 0.29) is 12.2 Å². The van der Waals surface area contributed by atoms with Gasteiger partial charge in [0.2, 0.25) is 10.0 Å². The second-order valence-electron chi connectivity index (χ2n) is 8.18. The Morgan fingerprint density at radius 3 is 2.81 bits per heavy atom. The van der Waals surface area contributed by atoms with Gasteiger partial charge < -0.3 is 20.1 Å². The van der Waals surface area contributed by atoms with Crippen LogP contribution in [0.15, 0.2) is 36.4 Å². The topological polar surface area (TPSA) is 103 Å². The van der Waals surface area contributed by atoms with Crippen molar-refractivity contribution in [2.24, 2.45) is 0 Å². The predicted octanol–water partition coefficient (Wildman–Crippen LogP) is 3.26. The van der Waals surface area contributed by atoms with Crippen LogP contribution in [0.3, 0.4) is 0 Å². The number of halogens is 1. The molecule has 0 fully saturated rings. The van der Waals surface area contributed by atoms with Crippen LogP contribution in [-0.4, -0.2) is 44.5 Å². The molecule has 9 heteroatoms. The van der Waals surface area contributed by atoms with E-state index in [1.54, 1.807) is 0 Å². The van der Waals surface area contributed by atoms with Crippen LogP contribution < -0.4 is 14.8 Å². The lowest BCUT2D eigenvalue weighted by Crippen LogP contribution is -2.26. The summed E-state index contributed by atoms with van der Waals surface area (Å²) >= 11 is 0. The number of benzene rings is 2. The number of aryl methyl sites for hydroxylation is 2. The molecule has 0 aliphatic heterocycles. The standard InChI is InChI=1S/C23H28FN3O4S/c1-32(29,30)27-22-12-15(6-9-19(22)24)23(28)14-25-10-11-31-16-7-8-18-17-4-2-3-5-20(17)26-21(18)13-16/h6-9,12-13,23,25-28H,2-5,10-11,14H2,1H3. The van der Waals surface area contributed by atoms with Gasteiger partial charge >= 0.3 is 0 Å². The van der Waals surface area contributed by atoms with Crippen molar-refractivity contribution in [1.82, 2.24) is 10.3 Å². The number of H-pyrrole nitrogens is 1. The summed E-state index contributed by atoms with van der Waals surface area (Å²) in [7, 11) is -3.61. The number of aliphatic hydroxyl groups excluding tert-OH is 1. The number of aromatic nitrogens is 1. The lowest BCUT2D eigenvalue weighted by molar-refractivity contribution is 0.172. The third kappa shape index (κ3) is 5.40. The molecule has 1 aliphatic carbocycles. The summed E-state index contributed by atoms with van der Waals surface area (Å²) in [6.45, 7) is 1.14. The second kappa shape index (κ2) is 9.48. The van der Waals surface area contributed by atoms with Gasteiger partial charge in [0.15, 0.2) is 0 Å². The van der Waals surface area contributed by atoms with Crippen LogP contribution in [0.5, 0.6) is 5.75 Å². The van der Waals surface area contributed by atoms with Crippen molar-refractivity contribution in [2.75, 3.05) is 30.7 Å². The van der Waals surface area contributed by atoms with Crippen LogP contribution in [0.25, 0.3) is 10.9 Å². The van der Waals surface area contributed by atoms with Gasteiger partial charge in [-0.25, -0.2) is 12.8 Å². The maximum atomic E-state index is 13.8. The number of fused-ring (bicyclic) bond motifs is 3. The van der Waals surface area contributed by atoms with Gasteiger partial charge in [0, 0.05) is 35.8 Å². The minimum atomic E-state index is -3.61. The molecule has 0 amide bonds. The Labute approximate surface area is 187 Å². The number of sulfonamides is 1. The lowest BCUT2D eigenvalue weighted by Gasteiger charge is -2.14. The first-order valence-electron chi connectivity index (χ1n) is 10.7. The normalized spacial score (nSPS) is 14.8. The first-order chi connectivity index (χ1) is 15.3. The van der Waals surface area contributed by atoms with Crippen LogP contribution in [0.1, 0.15) is 35.8 Å². The Hall–Kier alpha value is -2.62. The van der Waals surface area contributed by atoms with Crippen LogP contribution in [0.2, 0.25) is 0 Å². The Balaban J connectivity index is 1.27. The van der Waals surface area contributed by atoms with Gasteiger partial charge in [-0.05, 0) is 61.1 Å². The molecule has 32 heavy (non-hydrogen) atoms. The van der Waals surface area contributed by atoms with Crippen molar-refractivity contribution in [3.05, 3.63) is 59.0 Å². The molecule has 0 bridgehead atoms. The van der Waals surface area contributed by atoms with Gasteiger partial charge in [-0.2, -0.15) is 0 Å². The predicted molar refractivity (Wildman–Crippen MR) is 123 cm³/mol. The fourth-order valence-electron chi connectivity index (χ4n) is 4.11. The fourth-order valence-corrected chi connectivity index (χ4v) is 4.66. The largest absolute Gasteiger partial charge is 0.492 e. The molecule has 1 aliphatic rings. The Kier molecular flexibility index (Phi) is 6.68. The van der Waals surface area contributed by atoms with Gasteiger partial charge in [0.05, 0.1) is 18.0 Å². The summed E-state index contributed by atoms with van der Waals surface area (Å²) in [5.41, 5.74) is 4.10. The summed E-state index contributed by atoms with van der Waals surface area (Å²) in [5, 5.41) is 14.7. The van der Waals surface area contributed by atoms with Crippen LogP contribution in [0.4, 0.5) is 10.1 Å². The highest BCUT2D eigenvalue weighted by molar-refractivity contribution is 7.92. The van der Waals surface area contributed by atoms with Crippen molar-refractivity contribution >= 4 is 26.6 Å². The minimum Gasteiger partial charge on any atom is -0.492 e. The van der Waals surface area contributed by atoms with E-state index < -0.39 is 21.9 Å². The highest BCUT2D eigenvalue weighted by atomic mass is 32.2. The molecule has 1 atom stereocenters. The number of aromatic amines is 1. The van der Waals surface area contributed by atoms with Gasteiger partial charge in [0.25, 0.3) is 0 Å². The molecular formula is C23H28FN3O4S. The van der Waals surface area contributed by atoms with E-state index in [9.17, 15) is 17.9 Å². The molecule has 172 valence electrons. The molecule has 0 radical (unpaired) electrons. The van der Waals surface area contributed by atoms with Crippen molar-refractivity contribution in [2.45, 2.75) is 31.8 Å². The summed E-state index contributed by atoms with van der Waals surface area (Å²) in [6, 6.07) is 9.97. The molecule has 7 nitrogen and oxygen atoms in total. The number of nitrogens with one attached hydrogen (secondary N) is 3. The van der Waals surface area contributed by atoms with Crippen LogP contribution in [-0.2, 0) is 22.9 Å². The minimum absolute atomic E-state index is 0.186. The maximum absolute atomic E-state index is 13.8. The quantitative estimate of drug-likeness (QED) is 0.366. The van der Waals surface area contributed by atoms with Crippen LogP contribution >= 0.6 is 0 Å². The summed E-state index contributed by atoms with van der Waals surface area (Å²) in [4.78, 5) is 3.52. The van der Waals surface area contributed by atoms with Crippen molar-refractivity contribution < 1.29 is 22.7 Å². The van der Waals surface area contributed by atoms with E-state index in [1.165, 1.54) is 41.6 Å². The zero-order valence-corrected chi connectivity index (χ0v) is 18.8. The molecule has 0 saturated carbocycles. The number of anilines is 1. The number of ether oxygens (including phenoxy) is 1. The molecule has 1 heterocycles. The first-order valence-corrected chi connectivity index (χ1v) is 12.6. The second-order valence-corrected chi connectivity index (χ2v) is 9.93. The van der Waals surface area contributed by atoms with E-state index in [1.807, 2.05) is 12.1 Å². The Bertz CT molecular complexity index is 1210. The van der Waals surface area contributed by atoms with Gasteiger partial charge in [-0.3, -0.25) is 4.72 Å². The van der Waals surface area contributed by atoms with E-state index in [0.29, 0.717) is 18.7 Å². The number of rotatable bonds is 9. The highest BCUT2D eigenvalue weighted by Gasteiger charge is 2.16. The molecule has 1 unspecified atom stereocenters. The van der Waals surface area contributed by atoms with E-state index in [4.69, 9.17) is 4.74 Å². The van der Waals surface area contributed by atoms with E-state index >= 15 is 0 Å². The molecule has 4 N–H and O–H groups in total.